The van der Waals surface area contributed by atoms with Crippen LogP contribution < -0.4 is 10.2 Å². The number of carbonyl (C=O) groups is 1. The van der Waals surface area contributed by atoms with Crippen molar-refractivity contribution in [1.29, 1.82) is 0 Å². The summed E-state index contributed by atoms with van der Waals surface area (Å²) in [6.07, 6.45) is 0.877. The summed E-state index contributed by atoms with van der Waals surface area (Å²) in [5.41, 5.74) is 4.83. The normalized spacial score (nSPS) is 22.3. The minimum atomic E-state index is -0.0427. The predicted octanol–water partition coefficient (Wildman–Crippen LogP) is 3.63. The van der Waals surface area contributed by atoms with Gasteiger partial charge in [-0.15, -0.1) is 12.4 Å². The van der Waals surface area contributed by atoms with E-state index in [0.29, 0.717) is 19.2 Å². The van der Waals surface area contributed by atoms with E-state index in [-0.39, 0.29) is 29.8 Å². The number of rotatable bonds is 6. The topological polar surface area (TPSA) is 44.8 Å². The molecule has 2 heterocycles. The van der Waals surface area contributed by atoms with Gasteiger partial charge < -0.3 is 15.0 Å². The first kappa shape index (κ1) is 24.7. The van der Waals surface area contributed by atoms with Crippen LogP contribution in [-0.2, 0) is 21.4 Å². The second-order valence-corrected chi connectivity index (χ2v) is 9.73. The molecule has 32 heavy (non-hydrogen) atoms. The van der Waals surface area contributed by atoms with E-state index in [1.165, 1.54) is 16.7 Å². The molecule has 1 fully saturated rings. The molecule has 2 aromatic carbocycles. The largest absolute Gasteiger partial charge is 0.383 e. The van der Waals surface area contributed by atoms with Crippen LogP contribution in [0, 0.1) is 0 Å². The number of hydrogen-bond acceptors (Lipinski definition) is 4. The van der Waals surface area contributed by atoms with Gasteiger partial charge in [-0.05, 0) is 36.1 Å². The van der Waals surface area contributed by atoms with Gasteiger partial charge in [0.05, 0.1) is 13.2 Å². The summed E-state index contributed by atoms with van der Waals surface area (Å²) in [5, 5.41) is 3.50. The Kier molecular flexibility index (Phi) is 7.99. The van der Waals surface area contributed by atoms with Crippen LogP contribution in [-0.4, -0.2) is 62.8 Å². The molecule has 1 saturated heterocycles. The number of halogens is 1. The first-order chi connectivity index (χ1) is 14.9. The van der Waals surface area contributed by atoms with Crippen molar-refractivity contribution < 1.29 is 9.53 Å². The fraction of sp³-hybridized carbons (Fsp3) is 0.500. The number of fused-ring (bicyclic) bond motifs is 1. The molecule has 0 aromatic heterocycles. The molecule has 1 amide bonds. The van der Waals surface area contributed by atoms with Crippen molar-refractivity contribution in [3.05, 3.63) is 65.2 Å². The molecular formula is C26H36ClN3O2. The number of methoxy groups -OCH3 is 1. The molecule has 5 nitrogen and oxygen atoms in total. The van der Waals surface area contributed by atoms with E-state index >= 15 is 0 Å². The standard InChI is InChI=1S/C26H35N3O2.ClH/c1-19-15-28(22(14-27-19)17-31-4)16-25(30)29-18-26(2,3)23-11-10-21(13-24(23)29)12-20-8-6-5-7-9-20;/h5-11,13,19,22,27H,12,14-18H2,1-4H3;1H/t19-,22-;/m1./s1. The highest BCUT2D eigenvalue weighted by atomic mass is 35.5. The van der Waals surface area contributed by atoms with Crippen molar-refractivity contribution >= 4 is 24.0 Å². The van der Waals surface area contributed by atoms with Gasteiger partial charge in [0, 0.05) is 49.9 Å². The smallest absolute Gasteiger partial charge is 0.241 e. The first-order valence-corrected chi connectivity index (χ1v) is 11.3. The number of nitrogens with one attached hydrogen (secondary N) is 1. The number of ether oxygens (including phenoxy) is 1. The highest BCUT2D eigenvalue weighted by molar-refractivity contribution is 5.97. The number of anilines is 1. The lowest BCUT2D eigenvalue weighted by Gasteiger charge is -2.39. The minimum absolute atomic E-state index is 0. The molecule has 174 valence electrons. The summed E-state index contributed by atoms with van der Waals surface area (Å²) < 4.78 is 5.41. The van der Waals surface area contributed by atoms with E-state index in [0.717, 1.165) is 31.7 Å². The molecule has 0 bridgehead atoms. The van der Waals surface area contributed by atoms with E-state index in [4.69, 9.17) is 4.74 Å². The highest BCUT2D eigenvalue weighted by Crippen LogP contribution is 2.41. The van der Waals surface area contributed by atoms with Crippen LogP contribution in [0.3, 0.4) is 0 Å². The van der Waals surface area contributed by atoms with Gasteiger partial charge >= 0.3 is 0 Å². The molecular weight excluding hydrogens is 422 g/mol. The molecule has 1 N–H and O–H groups in total. The second-order valence-electron chi connectivity index (χ2n) is 9.73. The number of benzene rings is 2. The van der Waals surface area contributed by atoms with Gasteiger partial charge in [0.25, 0.3) is 0 Å². The molecule has 2 aliphatic heterocycles. The lowest BCUT2D eigenvalue weighted by atomic mass is 9.86. The Bertz CT molecular complexity index is 919. The molecule has 0 radical (unpaired) electrons. The van der Waals surface area contributed by atoms with Gasteiger partial charge in [-0.1, -0.05) is 56.3 Å². The number of piperazine rings is 1. The van der Waals surface area contributed by atoms with E-state index in [2.05, 4.69) is 73.5 Å². The summed E-state index contributed by atoms with van der Waals surface area (Å²) in [6.45, 7) is 10.1. The molecule has 2 aromatic rings. The predicted molar refractivity (Wildman–Crippen MR) is 133 cm³/mol. The van der Waals surface area contributed by atoms with E-state index in [1.807, 2.05) is 11.0 Å². The van der Waals surface area contributed by atoms with Crippen LogP contribution in [0.5, 0.6) is 0 Å². The zero-order valence-electron chi connectivity index (χ0n) is 19.6. The average molecular weight is 458 g/mol. The zero-order chi connectivity index (χ0) is 22.0. The van der Waals surface area contributed by atoms with Crippen LogP contribution in [0.2, 0.25) is 0 Å². The number of amides is 1. The molecule has 2 atom stereocenters. The third kappa shape index (κ3) is 5.34. The van der Waals surface area contributed by atoms with Crippen molar-refractivity contribution in [2.75, 3.05) is 44.8 Å². The lowest BCUT2D eigenvalue weighted by Crippen LogP contribution is -2.59. The molecule has 0 saturated carbocycles. The van der Waals surface area contributed by atoms with Crippen molar-refractivity contribution in [1.82, 2.24) is 10.2 Å². The van der Waals surface area contributed by atoms with Gasteiger partial charge in [-0.3, -0.25) is 9.69 Å². The fourth-order valence-corrected chi connectivity index (χ4v) is 4.94. The third-order valence-electron chi connectivity index (χ3n) is 6.61. The SMILES string of the molecule is COC[C@H]1CN[C@H](C)CN1CC(=O)N1CC(C)(C)c2ccc(Cc3ccccc3)cc21.Cl. The Balaban J connectivity index is 0.00000289. The van der Waals surface area contributed by atoms with Gasteiger partial charge in [0.15, 0.2) is 0 Å². The Hall–Kier alpha value is -1.92. The summed E-state index contributed by atoms with van der Waals surface area (Å²) in [5.74, 6) is 0.180. The summed E-state index contributed by atoms with van der Waals surface area (Å²) >= 11 is 0. The monoisotopic (exact) mass is 457 g/mol. The summed E-state index contributed by atoms with van der Waals surface area (Å²) in [6, 6.07) is 17.8. The quantitative estimate of drug-likeness (QED) is 0.719. The molecule has 0 unspecified atom stereocenters. The Labute approximate surface area is 198 Å². The molecule has 0 aliphatic carbocycles. The van der Waals surface area contributed by atoms with Crippen molar-refractivity contribution in [2.45, 2.75) is 44.7 Å². The highest BCUT2D eigenvalue weighted by Gasteiger charge is 2.39. The van der Waals surface area contributed by atoms with Crippen LogP contribution in [0.25, 0.3) is 0 Å². The van der Waals surface area contributed by atoms with Gasteiger partial charge in [-0.2, -0.15) is 0 Å². The van der Waals surface area contributed by atoms with E-state index in [1.54, 1.807) is 7.11 Å². The van der Waals surface area contributed by atoms with E-state index in [9.17, 15) is 4.79 Å². The second kappa shape index (κ2) is 10.3. The Morgan fingerprint density at radius 2 is 1.91 bits per heavy atom. The molecule has 4 rings (SSSR count). The number of carbonyl (C=O) groups excluding carboxylic acids is 1. The minimum Gasteiger partial charge on any atom is -0.383 e. The Morgan fingerprint density at radius 3 is 2.62 bits per heavy atom. The maximum Gasteiger partial charge on any atom is 0.241 e. The maximum atomic E-state index is 13.5. The van der Waals surface area contributed by atoms with Crippen molar-refractivity contribution in [2.24, 2.45) is 0 Å². The number of nitrogens with zero attached hydrogens (tertiary/aromatic N) is 2. The van der Waals surface area contributed by atoms with Crippen molar-refractivity contribution in [3.8, 4) is 0 Å². The molecule has 0 spiro atoms. The Morgan fingerprint density at radius 1 is 1.16 bits per heavy atom. The van der Waals surface area contributed by atoms with E-state index < -0.39 is 0 Å². The van der Waals surface area contributed by atoms with Crippen LogP contribution in [0.1, 0.15) is 37.5 Å². The summed E-state index contributed by atoms with van der Waals surface area (Å²) in [7, 11) is 1.73. The lowest BCUT2D eigenvalue weighted by molar-refractivity contribution is -0.121. The van der Waals surface area contributed by atoms with Crippen molar-refractivity contribution in [3.63, 3.8) is 0 Å². The van der Waals surface area contributed by atoms with Crippen LogP contribution in [0.4, 0.5) is 5.69 Å². The van der Waals surface area contributed by atoms with Crippen LogP contribution >= 0.6 is 12.4 Å². The number of hydrogen-bond donors (Lipinski definition) is 1. The maximum absolute atomic E-state index is 13.5. The fourth-order valence-electron chi connectivity index (χ4n) is 4.94. The average Bonchev–Trinajstić information content (AvgIpc) is 3.01. The van der Waals surface area contributed by atoms with Gasteiger partial charge in [-0.25, -0.2) is 0 Å². The molecule has 6 heteroatoms. The van der Waals surface area contributed by atoms with Gasteiger partial charge in [0.2, 0.25) is 5.91 Å². The van der Waals surface area contributed by atoms with Gasteiger partial charge in [0.1, 0.15) is 0 Å². The third-order valence-corrected chi connectivity index (χ3v) is 6.61. The summed E-state index contributed by atoms with van der Waals surface area (Å²) in [4.78, 5) is 17.8. The molecule has 2 aliphatic rings. The van der Waals surface area contributed by atoms with Crippen LogP contribution in [0.15, 0.2) is 48.5 Å². The zero-order valence-corrected chi connectivity index (χ0v) is 20.5. The first-order valence-electron chi connectivity index (χ1n) is 11.3.